The molecule has 2 aliphatic rings. The topological polar surface area (TPSA) is 59.1 Å². The molecule has 1 aromatic carbocycles. The molecule has 3 rings (SSSR count). The summed E-state index contributed by atoms with van der Waals surface area (Å²) >= 11 is 0. The number of hydrogen-bond acceptors (Lipinski definition) is 4. The Morgan fingerprint density at radius 2 is 1.79 bits per heavy atom. The van der Waals surface area contributed by atoms with E-state index in [0.717, 1.165) is 18.4 Å². The highest BCUT2D eigenvalue weighted by molar-refractivity contribution is 5.78. The lowest BCUT2D eigenvalue weighted by Crippen LogP contribution is -2.49. The Morgan fingerprint density at radius 1 is 1.17 bits per heavy atom. The third-order valence-corrected chi connectivity index (χ3v) is 5.08. The molecule has 2 bridgehead atoms. The summed E-state index contributed by atoms with van der Waals surface area (Å²) in [6.07, 6.45) is 2.97. The van der Waals surface area contributed by atoms with Crippen LogP contribution in [-0.4, -0.2) is 48.2 Å². The predicted molar refractivity (Wildman–Crippen MR) is 87.8 cm³/mol. The predicted octanol–water partition coefficient (Wildman–Crippen LogP) is 2.59. The molecule has 0 spiro atoms. The van der Waals surface area contributed by atoms with Crippen molar-refractivity contribution >= 4 is 12.0 Å². The quantitative estimate of drug-likeness (QED) is 0.795. The molecule has 2 aliphatic heterocycles. The number of fused-ring (bicyclic) bond motifs is 2. The van der Waals surface area contributed by atoms with Crippen LogP contribution in [0.25, 0.3) is 0 Å². The molecule has 2 saturated heterocycles. The van der Waals surface area contributed by atoms with Crippen LogP contribution in [0.15, 0.2) is 30.3 Å². The van der Waals surface area contributed by atoms with E-state index in [0.29, 0.717) is 12.8 Å². The molecular weight excluding hydrogens is 308 g/mol. The van der Waals surface area contributed by atoms with Gasteiger partial charge in [0.05, 0.1) is 7.11 Å². The number of hydrogen-bond donors (Lipinski definition) is 0. The van der Waals surface area contributed by atoms with Gasteiger partial charge in [0.15, 0.2) is 0 Å². The van der Waals surface area contributed by atoms with Gasteiger partial charge in [-0.2, -0.15) is 0 Å². The van der Waals surface area contributed by atoms with Gasteiger partial charge in [0, 0.05) is 25.0 Å². The number of benzene rings is 1. The molecule has 6 nitrogen and oxygen atoms in total. The number of rotatable bonds is 4. The molecule has 130 valence electrons. The molecule has 0 N–H and O–H groups in total. The van der Waals surface area contributed by atoms with E-state index >= 15 is 0 Å². The zero-order valence-corrected chi connectivity index (χ0v) is 14.2. The number of ether oxygens (including phenoxy) is 1. The van der Waals surface area contributed by atoms with E-state index in [4.69, 9.17) is 9.57 Å². The Labute approximate surface area is 142 Å². The summed E-state index contributed by atoms with van der Waals surface area (Å²) in [5, 5.41) is 1.29. The van der Waals surface area contributed by atoms with Crippen LogP contribution in [0.5, 0.6) is 0 Å². The normalized spacial score (nSPS) is 25.4. The third kappa shape index (κ3) is 3.38. The molecule has 0 aliphatic carbocycles. The lowest BCUT2D eigenvalue weighted by atomic mass is 9.90. The summed E-state index contributed by atoms with van der Waals surface area (Å²) in [6.45, 7) is 0.282. The van der Waals surface area contributed by atoms with Crippen molar-refractivity contribution in [1.29, 1.82) is 0 Å². The maximum atomic E-state index is 12.5. The van der Waals surface area contributed by atoms with E-state index in [1.54, 1.807) is 7.05 Å². The van der Waals surface area contributed by atoms with Crippen LogP contribution in [0.4, 0.5) is 4.79 Å². The van der Waals surface area contributed by atoms with Crippen LogP contribution in [0.3, 0.4) is 0 Å². The zero-order valence-electron chi connectivity index (χ0n) is 14.2. The molecule has 0 aromatic heterocycles. The largest absolute Gasteiger partial charge is 0.445 e. The average Bonchev–Trinajstić information content (AvgIpc) is 2.89. The summed E-state index contributed by atoms with van der Waals surface area (Å²) in [6, 6.07) is 9.84. The van der Waals surface area contributed by atoms with Crippen molar-refractivity contribution in [3.63, 3.8) is 0 Å². The second kappa shape index (κ2) is 7.21. The lowest BCUT2D eigenvalue weighted by molar-refractivity contribution is -0.175. The molecule has 2 amide bonds. The van der Waals surface area contributed by atoms with Gasteiger partial charge >= 0.3 is 6.09 Å². The van der Waals surface area contributed by atoms with Gasteiger partial charge in [-0.3, -0.25) is 9.63 Å². The van der Waals surface area contributed by atoms with Crippen molar-refractivity contribution in [3.8, 4) is 0 Å². The summed E-state index contributed by atoms with van der Waals surface area (Å²) in [4.78, 5) is 31.6. The van der Waals surface area contributed by atoms with Gasteiger partial charge in [0.2, 0.25) is 5.91 Å². The second-order valence-electron chi connectivity index (χ2n) is 6.52. The minimum Gasteiger partial charge on any atom is -0.445 e. The van der Waals surface area contributed by atoms with Crippen molar-refractivity contribution in [2.75, 3.05) is 14.2 Å². The van der Waals surface area contributed by atoms with E-state index < -0.39 is 0 Å². The molecule has 2 heterocycles. The Hall–Kier alpha value is -2.08. The highest BCUT2D eigenvalue weighted by atomic mass is 16.7. The molecule has 6 heteroatoms. The summed E-state index contributed by atoms with van der Waals surface area (Å²) in [5.74, 6) is -0.0858. The maximum absolute atomic E-state index is 12.5. The molecule has 2 fully saturated rings. The molecule has 0 radical (unpaired) electrons. The van der Waals surface area contributed by atoms with Crippen LogP contribution in [-0.2, 0) is 21.0 Å². The van der Waals surface area contributed by atoms with Crippen LogP contribution < -0.4 is 0 Å². The third-order valence-electron chi connectivity index (χ3n) is 5.08. The fraction of sp³-hybridized carbons (Fsp3) is 0.556. The number of nitrogens with zero attached hydrogens (tertiary/aromatic N) is 2. The Kier molecular flexibility index (Phi) is 5.04. The number of amides is 2. The van der Waals surface area contributed by atoms with Crippen molar-refractivity contribution in [1.82, 2.24) is 9.96 Å². The number of carbonyl (C=O) groups excluding carboxylic acids is 2. The minimum absolute atomic E-state index is 0.00768. The van der Waals surface area contributed by atoms with E-state index in [1.165, 1.54) is 12.2 Å². The Morgan fingerprint density at radius 3 is 2.38 bits per heavy atom. The fourth-order valence-corrected chi connectivity index (χ4v) is 3.82. The van der Waals surface area contributed by atoms with Crippen molar-refractivity contribution in [2.45, 2.75) is 44.4 Å². The first kappa shape index (κ1) is 16.8. The van der Waals surface area contributed by atoms with Crippen LogP contribution in [0.2, 0.25) is 0 Å². The molecule has 1 aromatic rings. The summed E-state index contributed by atoms with van der Waals surface area (Å²) < 4.78 is 5.48. The van der Waals surface area contributed by atoms with E-state index in [2.05, 4.69) is 0 Å². The highest BCUT2D eigenvalue weighted by Gasteiger charge is 2.46. The first-order chi connectivity index (χ1) is 11.6. The first-order valence-corrected chi connectivity index (χ1v) is 8.41. The first-order valence-electron chi connectivity index (χ1n) is 8.41. The summed E-state index contributed by atoms with van der Waals surface area (Å²) in [7, 11) is 3.12. The van der Waals surface area contributed by atoms with E-state index in [-0.39, 0.29) is 36.6 Å². The molecule has 24 heavy (non-hydrogen) atoms. The molecular formula is C18H24N2O4. The van der Waals surface area contributed by atoms with Crippen LogP contribution in [0.1, 0.15) is 31.2 Å². The smallest absolute Gasteiger partial charge is 0.410 e. The van der Waals surface area contributed by atoms with Crippen molar-refractivity contribution in [3.05, 3.63) is 35.9 Å². The van der Waals surface area contributed by atoms with Gasteiger partial charge in [0.25, 0.3) is 0 Å². The SMILES string of the molecule is CON(C)C(=O)C1CC2CCC(C1)N2C(=O)OCc1ccccc1. The number of hydroxylamine groups is 2. The maximum Gasteiger partial charge on any atom is 0.410 e. The Balaban J connectivity index is 1.58. The standard InChI is InChI=1S/C18H24N2O4/c1-19(23-2)17(21)14-10-15-8-9-16(11-14)20(15)18(22)24-12-13-6-4-3-5-7-13/h3-7,14-16H,8-12H2,1-2H3. The van der Waals surface area contributed by atoms with Crippen molar-refractivity contribution < 1.29 is 19.2 Å². The fourth-order valence-electron chi connectivity index (χ4n) is 3.82. The van der Waals surface area contributed by atoms with Crippen molar-refractivity contribution in [2.24, 2.45) is 5.92 Å². The molecule has 0 saturated carbocycles. The second-order valence-corrected chi connectivity index (χ2v) is 6.52. The van der Waals surface area contributed by atoms with Crippen LogP contribution >= 0.6 is 0 Å². The Bertz CT molecular complexity index is 578. The van der Waals surface area contributed by atoms with Gasteiger partial charge in [-0.25, -0.2) is 9.86 Å². The monoisotopic (exact) mass is 332 g/mol. The average molecular weight is 332 g/mol. The number of piperidine rings is 1. The minimum atomic E-state index is -0.266. The summed E-state index contributed by atoms with van der Waals surface area (Å²) in [5.41, 5.74) is 0.977. The van der Waals surface area contributed by atoms with Gasteiger partial charge in [-0.1, -0.05) is 30.3 Å². The number of carbonyl (C=O) groups is 2. The molecule has 2 unspecified atom stereocenters. The lowest BCUT2D eigenvalue weighted by Gasteiger charge is -2.38. The van der Waals surface area contributed by atoms with Gasteiger partial charge in [0.1, 0.15) is 6.61 Å². The van der Waals surface area contributed by atoms with Crippen LogP contribution in [0, 0.1) is 5.92 Å². The van der Waals surface area contributed by atoms with Gasteiger partial charge in [-0.15, -0.1) is 0 Å². The van der Waals surface area contributed by atoms with Gasteiger partial charge < -0.3 is 9.64 Å². The highest BCUT2D eigenvalue weighted by Crippen LogP contribution is 2.39. The van der Waals surface area contributed by atoms with Gasteiger partial charge in [-0.05, 0) is 31.2 Å². The van der Waals surface area contributed by atoms with E-state index in [9.17, 15) is 9.59 Å². The zero-order chi connectivity index (χ0) is 17.1. The van der Waals surface area contributed by atoms with E-state index in [1.807, 2.05) is 35.2 Å². The molecule has 2 atom stereocenters.